The second-order valence-corrected chi connectivity index (χ2v) is 4.86. The van der Waals surface area contributed by atoms with Gasteiger partial charge in [-0.15, -0.1) is 0 Å². The molecule has 1 N–H and O–H groups in total. The molecule has 0 aliphatic heterocycles. The molecule has 0 radical (unpaired) electrons. The Morgan fingerprint density at radius 1 is 1.07 bits per heavy atom. The Morgan fingerprint density at radius 3 is 2.47 bits per heavy atom. The fraction of sp³-hybridized carbons (Fsp3) is 0.538. The molecule has 1 aliphatic carbocycles. The molecule has 2 heteroatoms. The summed E-state index contributed by atoms with van der Waals surface area (Å²) in [6.45, 7) is 0. The minimum Gasteiger partial charge on any atom is -0.393 e. The molecule has 1 aromatic carbocycles. The van der Waals surface area contributed by atoms with Crippen LogP contribution in [-0.4, -0.2) is 11.2 Å². The second-order valence-electron chi connectivity index (χ2n) is 4.42. The number of benzene rings is 1. The highest BCUT2D eigenvalue weighted by Gasteiger charge is 2.19. The van der Waals surface area contributed by atoms with Crippen LogP contribution in [0.25, 0.3) is 0 Å². The summed E-state index contributed by atoms with van der Waals surface area (Å²) >= 11 is 5.86. The molecule has 0 bridgehead atoms. The molecule has 1 fully saturated rings. The van der Waals surface area contributed by atoms with Crippen LogP contribution in [0.3, 0.4) is 0 Å². The first kappa shape index (κ1) is 11.0. The molecule has 1 aromatic rings. The summed E-state index contributed by atoms with van der Waals surface area (Å²) in [6.07, 6.45) is 5.33. The fourth-order valence-corrected chi connectivity index (χ4v) is 2.50. The summed E-state index contributed by atoms with van der Waals surface area (Å²) in [5.41, 5.74) is 1.32. The van der Waals surface area contributed by atoms with Gasteiger partial charge in [-0.2, -0.15) is 0 Å². The standard InChI is InChI=1S/C13H17ClO/c14-12-7-5-10(6-8-12)11-3-1-2-4-13(15)9-11/h5-8,11,13,15H,1-4,9H2. The summed E-state index contributed by atoms with van der Waals surface area (Å²) in [6, 6.07) is 8.05. The van der Waals surface area contributed by atoms with Gasteiger partial charge in [0.05, 0.1) is 6.10 Å². The molecule has 1 nitrogen and oxygen atoms in total. The average Bonchev–Trinajstić information content (AvgIpc) is 2.44. The van der Waals surface area contributed by atoms with Crippen molar-refractivity contribution in [1.29, 1.82) is 0 Å². The molecule has 0 heterocycles. The third kappa shape index (κ3) is 2.96. The maximum Gasteiger partial charge on any atom is 0.0546 e. The fourth-order valence-electron chi connectivity index (χ4n) is 2.37. The average molecular weight is 225 g/mol. The van der Waals surface area contributed by atoms with Crippen molar-refractivity contribution >= 4 is 11.6 Å². The molecule has 0 spiro atoms. The normalized spacial score (nSPS) is 27.3. The van der Waals surface area contributed by atoms with Crippen LogP contribution in [0.15, 0.2) is 24.3 Å². The van der Waals surface area contributed by atoms with Crippen molar-refractivity contribution in [3.8, 4) is 0 Å². The molecule has 82 valence electrons. The van der Waals surface area contributed by atoms with E-state index in [4.69, 9.17) is 11.6 Å². The molecule has 0 amide bonds. The molecule has 1 saturated carbocycles. The maximum absolute atomic E-state index is 9.75. The highest BCUT2D eigenvalue weighted by Crippen LogP contribution is 2.32. The Balaban J connectivity index is 2.11. The van der Waals surface area contributed by atoms with E-state index in [1.54, 1.807) is 0 Å². The van der Waals surface area contributed by atoms with Gasteiger partial charge in [0, 0.05) is 5.02 Å². The van der Waals surface area contributed by atoms with Gasteiger partial charge in [0.2, 0.25) is 0 Å². The molecule has 1 aliphatic rings. The van der Waals surface area contributed by atoms with Crippen molar-refractivity contribution in [3.05, 3.63) is 34.9 Å². The van der Waals surface area contributed by atoms with Gasteiger partial charge in [-0.1, -0.05) is 36.6 Å². The smallest absolute Gasteiger partial charge is 0.0546 e. The molecule has 0 saturated heterocycles. The number of hydrogen-bond donors (Lipinski definition) is 1. The van der Waals surface area contributed by atoms with Gasteiger partial charge in [-0.3, -0.25) is 0 Å². The van der Waals surface area contributed by atoms with Crippen molar-refractivity contribution in [2.75, 3.05) is 0 Å². The van der Waals surface area contributed by atoms with Crippen LogP contribution >= 0.6 is 11.6 Å². The van der Waals surface area contributed by atoms with E-state index in [0.29, 0.717) is 5.92 Å². The maximum atomic E-state index is 9.75. The summed E-state index contributed by atoms with van der Waals surface area (Å²) in [5, 5.41) is 10.5. The first-order chi connectivity index (χ1) is 7.25. The zero-order valence-electron chi connectivity index (χ0n) is 8.82. The van der Waals surface area contributed by atoms with Crippen LogP contribution in [-0.2, 0) is 0 Å². The van der Waals surface area contributed by atoms with E-state index in [1.807, 2.05) is 12.1 Å². The van der Waals surface area contributed by atoms with Crippen LogP contribution in [0.1, 0.15) is 43.6 Å². The zero-order valence-corrected chi connectivity index (χ0v) is 9.58. The second kappa shape index (κ2) is 5.00. The molecule has 2 atom stereocenters. The Kier molecular flexibility index (Phi) is 3.66. The highest BCUT2D eigenvalue weighted by atomic mass is 35.5. The van der Waals surface area contributed by atoms with Crippen LogP contribution in [0, 0.1) is 0 Å². The van der Waals surface area contributed by atoms with E-state index < -0.39 is 0 Å². The number of aliphatic hydroxyl groups excluding tert-OH is 1. The topological polar surface area (TPSA) is 20.2 Å². The van der Waals surface area contributed by atoms with Crippen molar-refractivity contribution in [2.24, 2.45) is 0 Å². The Labute approximate surface area is 96.1 Å². The van der Waals surface area contributed by atoms with E-state index >= 15 is 0 Å². The van der Waals surface area contributed by atoms with E-state index in [9.17, 15) is 5.11 Å². The Hall–Kier alpha value is -0.530. The van der Waals surface area contributed by atoms with E-state index in [-0.39, 0.29) is 6.10 Å². The van der Waals surface area contributed by atoms with Crippen molar-refractivity contribution in [2.45, 2.75) is 44.1 Å². The number of rotatable bonds is 1. The molecule has 2 rings (SSSR count). The van der Waals surface area contributed by atoms with Gasteiger partial charge < -0.3 is 5.11 Å². The molecular weight excluding hydrogens is 208 g/mol. The minimum absolute atomic E-state index is 0.117. The van der Waals surface area contributed by atoms with Crippen molar-refractivity contribution in [3.63, 3.8) is 0 Å². The van der Waals surface area contributed by atoms with Crippen LogP contribution in [0.5, 0.6) is 0 Å². The molecule has 0 aromatic heterocycles. The zero-order chi connectivity index (χ0) is 10.7. The van der Waals surface area contributed by atoms with Crippen LogP contribution in [0.2, 0.25) is 5.02 Å². The molecular formula is C13H17ClO. The van der Waals surface area contributed by atoms with Gasteiger partial charge >= 0.3 is 0 Å². The van der Waals surface area contributed by atoms with Gasteiger partial charge in [-0.25, -0.2) is 0 Å². The minimum atomic E-state index is -0.117. The monoisotopic (exact) mass is 224 g/mol. The van der Waals surface area contributed by atoms with Crippen molar-refractivity contribution in [1.82, 2.24) is 0 Å². The number of halogens is 1. The lowest BCUT2D eigenvalue weighted by Crippen LogP contribution is -2.09. The lowest BCUT2D eigenvalue weighted by Gasteiger charge is -2.16. The summed E-state index contributed by atoms with van der Waals surface area (Å²) in [5.74, 6) is 0.514. The molecule has 15 heavy (non-hydrogen) atoms. The van der Waals surface area contributed by atoms with E-state index in [0.717, 1.165) is 24.3 Å². The van der Waals surface area contributed by atoms with Gasteiger partial charge in [-0.05, 0) is 42.9 Å². The van der Waals surface area contributed by atoms with Crippen LogP contribution in [0.4, 0.5) is 0 Å². The van der Waals surface area contributed by atoms with Gasteiger partial charge in [0.25, 0.3) is 0 Å². The number of aliphatic hydroxyl groups is 1. The predicted octanol–water partition coefficient (Wildman–Crippen LogP) is 3.75. The first-order valence-corrected chi connectivity index (χ1v) is 6.07. The summed E-state index contributed by atoms with van der Waals surface area (Å²) in [7, 11) is 0. The first-order valence-electron chi connectivity index (χ1n) is 5.69. The van der Waals surface area contributed by atoms with Gasteiger partial charge in [0.1, 0.15) is 0 Å². The third-order valence-electron chi connectivity index (χ3n) is 3.24. The highest BCUT2D eigenvalue weighted by molar-refractivity contribution is 6.30. The lowest BCUT2D eigenvalue weighted by atomic mass is 9.91. The SMILES string of the molecule is OC1CCCCC(c2ccc(Cl)cc2)C1. The Bertz CT molecular complexity index is 307. The predicted molar refractivity (Wildman–Crippen MR) is 63.3 cm³/mol. The van der Waals surface area contributed by atoms with E-state index in [2.05, 4.69) is 12.1 Å². The number of hydrogen-bond acceptors (Lipinski definition) is 1. The largest absolute Gasteiger partial charge is 0.393 e. The van der Waals surface area contributed by atoms with Crippen LogP contribution < -0.4 is 0 Å². The quantitative estimate of drug-likeness (QED) is 0.721. The summed E-state index contributed by atoms with van der Waals surface area (Å²) < 4.78 is 0. The van der Waals surface area contributed by atoms with Gasteiger partial charge in [0.15, 0.2) is 0 Å². The van der Waals surface area contributed by atoms with E-state index in [1.165, 1.54) is 18.4 Å². The molecule has 2 unspecified atom stereocenters. The lowest BCUT2D eigenvalue weighted by molar-refractivity contribution is 0.152. The summed E-state index contributed by atoms with van der Waals surface area (Å²) in [4.78, 5) is 0. The van der Waals surface area contributed by atoms with Crippen molar-refractivity contribution < 1.29 is 5.11 Å². The third-order valence-corrected chi connectivity index (χ3v) is 3.49. The Morgan fingerprint density at radius 2 is 1.73 bits per heavy atom.